The molecule has 0 aromatic heterocycles. The van der Waals surface area contributed by atoms with Crippen molar-refractivity contribution in [3.05, 3.63) is 107 Å². The molecule has 0 bridgehead atoms. The fourth-order valence-corrected chi connectivity index (χ4v) is 7.16. The number of aliphatic carboxylic acids is 1. The lowest BCUT2D eigenvalue weighted by Crippen LogP contribution is -2.33. The molecule has 1 saturated carbocycles. The van der Waals surface area contributed by atoms with Gasteiger partial charge in [0.25, 0.3) is 5.91 Å². The third-order valence-corrected chi connectivity index (χ3v) is 8.93. The van der Waals surface area contributed by atoms with E-state index in [9.17, 15) is 14.7 Å². The lowest BCUT2D eigenvalue weighted by Gasteiger charge is -2.27. The molecule has 1 N–H and O–H groups in total. The molecule has 0 radical (unpaired) electrons. The van der Waals surface area contributed by atoms with Crippen LogP contribution in [0.25, 0.3) is 11.6 Å². The molecule has 2 fully saturated rings. The molecule has 3 aromatic rings. The predicted molar refractivity (Wildman–Crippen MR) is 157 cm³/mol. The molecule has 1 aliphatic carbocycles. The van der Waals surface area contributed by atoms with Crippen molar-refractivity contribution in [1.29, 1.82) is 0 Å². The van der Waals surface area contributed by atoms with Crippen molar-refractivity contribution >= 4 is 63.2 Å². The zero-order valence-corrected chi connectivity index (χ0v) is 22.3. The summed E-state index contributed by atoms with van der Waals surface area (Å²) in [6.07, 6.45) is 7.61. The Kier molecular flexibility index (Phi) is 6.64. The van der Waals surface area contributed by atoms with Crippen LogP contribution in [0.2, 0.25) is 0 Å². The average molecular weight is 539 g/mol. The van der Waals surface area contributed by atoms with Crippen LogP contribution in [-0.4, -0.2) is 38.8 Å². The molecule has 6 rings (SSSR count). The van der Waals surface area contributed by atoms with Crippen LogP contribution in [0, 0.1) is 0 Å². The van der Waals surface area contributed by atoms with Gasteiger partial charge in [-0.15, -0.1) is 0 Å². The van der Waals surface area contributed by atoms with E-state index < -0.39 is 12.5 Å². The Balaban J connectivity index is 1.37. The summed E-state index contributed by atoms with van der Waals surface area (Å²) in [7, 11) is 0. The molecule has 2 aliphatic heterocycles. The number of carboxylic acid groups (broad SMARTS) is 1. The number of para-hydroxylation sites is 1. The van der Waals surface area contributed by atoms with E-state index in [-0.39, 0.29) is 10.2 Å². The van der Waals surface area contributed by atoms with Crippen molar-refractivity contribution in [2.45, 2.75) is 31.2 Å². The molecule has 2 heterocycles. The van der Waals surface area contributed by atoms with Gasteiger partial charge in [0.15, 0.2) is 0 Å². The van der Waals surface area contributed by atoms with Gasteiger partial charge in [-0.2, -0.15) is 0 Å². The lowest BCUT2D eigenvalue weighted by atomic mass is 9.95. The Morgan fingerprint density at radius 2 is 1.76 bits per heavy atom. The highest BCUT2D eigenvalue weighted by Crippen LogP contribution is 2.52. The first-order chi connectivity index (χ1) is 18.5. The maximum absolute atomic E-state index is 13.2. The van der Waals surface area contributed by atoms with Crippen LogP contribution >= 0.6 is 24.0 Å². The second-order valence-corrected chi connectivity index (χ2v) is 11.4. The van der Waals surface area contributed by atoms with Crippen molar-refractivity contribution < 1.29 is 14.7 Å². The van der Waals surface area contributed by atoms with Gasteiger partial charge in [-0.3, -0.25) is 14.5 Å². The molecule has 38 heavy (non-hydrogen) atoms. The van der Waals surface area contributed by atoms with Crippen molar-refractivity contribution in [3.63, 3.8) is 0 Å². The van der Waals surface area contributed by atoms with Gasteiger partial charge < -0.3 is 10.0 Å². The van der Waals surface area contributed by atoms with Crippen LogP contribution in [0.1, 0.15) is 41.9 Å². The molecule has 1 amide bonds. The molecule has 2 atom stereocenters. The van der Waals surface area contributed by atoms with Crippen LogP contribution in [0.3, 0.4) is 0 Å². The third-order valence-electron chi connectivity index (χ3n) is 7.47. The molecule has 5 nitrogen and oxygen atoms in total. The minimum atomic E-state index is -1.09. The van der Waals surface area contributed by atoms with Crippen molar-refractivity contribution in [1.82, 2.24) is 4.90 Å². The predicted octanol–water partition coefficient (Wildman–Crippen LogP) is 6.84. The van der Waals surface area contributed by atoms with Gasteiger partial charge in [0, 0.05) is 28.9 Å². The Hall–Kier alpha value is -3.68. The standard InChI is InChI=1S/C31H26N2O3S2/c34-28(35)19-32-30(36)29(38-31(32)37)23(21-8-3-1-4-9-21)16-14-20-15-17-27-25(18-20)24-12-7-13-26(24)33(27)22-10-5-2-6-11-22/h1-6,8-11,14-18,24,26H,7,12-13,19H2,(H,34,35)/b16-14+,29-23-. The quantitative estimate of drug-likeness (QED) is 0.274. The number of carbonyl (C=O) groups is 2. The van der Waals surface area contributed by atoms with Crippen LogP contribution in [-0.2, 0) is 9.59 Å². The van der Waals surface area contributed by atoms with Gasteiger partial charge in [0.1, 0.15) is 10.9 Å². The second-order valence-electron chi connectivity index (χ2n) is 9.72. The Morgan fingerprint density at radius 3 is 2.50 bits per heavy atom. The van der Waals surface area contributed by atoms with Gasteiger partial charge in [-0.05, 0) is 53.8 Å². The molecule has 2 unspecified atom stereocenters. The average Bonchev–Trinajstić information content (AvgIpc) is 3.59. The third kappa shape index (κ3) is 4.46. The van der Waals surface area contributed by atoms with Crippen molar-refractivity contribution in [2.24, 2.45) is 0 Å². The molecular weight excluding hydrogens is 512 g/mol. The second kappa shape index (κ2) is 10.2. The maximum atomic E-state index is 13.2. The van der Waals surface area contributed by atoms with E-state index >= 15 is 0 Å². The topological polar surface area (TPSA) is 60.9 Å². The summed E-state index contributed by atoms with van der Waals surface area (Å²) in [6, 6.07) is 27.4. The maximum Gasteiger partial charge on any atom is 0.323 e. The normalized spacial score (nSPS) is 21.8. The van der Waals surface area contributed by atoms with E-state index in [1.165, 1.54) is 36.2 Å². The minimum Gasteiger partial charge on any atom is -0.480 e. The van der Waals surface area contributed by atoms with Gasteiger partial charge in [-0.1, -0.05) is 97.1 Å². The van der Waals surface area contributed by atoms with E-state index in [2.05, 4.69) is 53.4 Å². The monoisotopic (exact) mass is 538 g/mol. The largest absolute Gasteiger partial charge is 0.480 e. The summed E-state index contributed by atoms with van der Waals surface area (Å²) in [4.78, 5) is 28.6. The minimum absolute atomic E-state index is 0.264. The zero-order valence-electron chi connectivity index (χ0n) is 20.6. The first kappa shape index (κ1) is 24.6. The highest BCUT2D eigenvalue weighted by Gasteiger charge is 2.42. The van der Waals surface area contributed by atoms with Crippen molar-refractivity contribution in [3.8, 4) is 0 Å². The molecular formula is C31H26N2O3S2. The van der Waals surface area contributed by atoms with Crippen LogP contribution in [0.4, 0.5) is 11.4 Å². The summed E-state index contributed by atoms with van der Waals surface area (Å²) in [6.45, 7) is -0.439. The molecule has 3 aromatic carbocycles. The summed E-state index contributed by atoms with van der Waals surface area (Å²) in [5.74, 6) is -0.946. The lowest BCUT2D eigenvalue weighted by molar-refractivity contribution is -0.140. The summed E-state index contributed by atoms with van der Waals surface area (Å²) >= 11 is 6.51. The van der Waals surface area contributed by atoms with E-state index in [1.807, 2.05) is 42.5 Å². The number of carboxylic acids is 1. The fourth-order valence-electron chi connectivity index (χ4n) is 5.84. The number of amides is 1. The number of nitrogens with zero attached hydrogens (tertiary/aromatic N) is 2. The van der Waals surface area contributed by atoms with E-state index in [0.29, 0.717) is 16.9 Å². The Labute approximate surface area is 231 Å². The number of thiocarbonyl (C=S) groups is 1. The van der Waals surface area contributed by atoms with Crippen LogP contribution in [0.5, 0.6) is 0 Å². The summed E-state index contributed by atoms with van der Waals surface area (Å²) in [5.41, 5.74) is 6.58. The highest BCUT2D eigenvalue weighted by atomic mass is 32.2. The van der Waals surface area contributed by atoms with Gasteiger partial charge in [-0.25, -0.2) is 0 Å². The number of rotatable bonds is 6. The Bertz CT molecular complexity index is 1480. The summed E-state index contributed by atoms with van der Waals surface area (Å²) in [5, 5.41) is 9.24. The number of benzene rings is 3. The number of hydrogen-bond acceptors (Lipinski definition) is 5. The molecule has 7 heteroatoms. The highest BCUT2D eigenvalue weighted by molar-refractivity contribution is 8.26. The van der Waals surface area contributed by atoms with Gasteiger partial charge in [0.05, 0.1) is 4.91 Å². The number of hydrogen-bond donors (Lipinski definition) is 1. The first-order valence-electron chi connectivity index (χ1n) is 12.7. The number of allylic oxidation sites excluding steroid dienone is 2. The number of thioether (sulfide) groups is 1. The Morgan fingerprint density at radius 1 is 1.03 bits per heavy atom. The molecule has 190 valence electrons. The molecule has 0 spiro atoms. The zero-order chi connectivity index (χ0) is 26.2. The molecule has 3 aliphatic rings. The SMILES string of the molecule is O=C(O)CN1C(=O)/C(=C(\C=C\c2ccc3c(c2)C2CCCC2N3c2ccccc2)c2ccccc2)SC1=S. The first-order valence-corrected chi connectivity index (χ1v) is 13.9. The number of carbonyl (C=O) groups excluding carboxylic acids is 1. The summed E-state index contributed by atoms with van der Waals surface area (Å²) < 4.78 is 0.264. The van der Waals surface area contributed by atoms with E-state index in [4.69, 9.17) is 12.2 Å². The smallest absolute Gasteiger partial charge is 0.323 e. The van der Waals surface area contributed by atoms with Crippen molar-refractivity contribution in [2.75, 3.05) is 11.4 Å². The number of anilines is 2. The van der Waals surface area contributed by atoms with E-state index in [1.54, 1.807) is 0 Å². The van der Waals surface area contributed by atoms with Crippen LogP contribution in [0.15, 0.2) is 89.8 Å². The fraction of sp³-hybridized carbons (Fsp3) is 0.194. The van der Waals surface area contributed by atoms with Gasteiger partial charge in [0.2, 0.25) is 0 Å². The van der Waals surface area contributed by atoms with E-state index in [0.717, 1.165) is 33.4 Å². The van der Waals surface area contributed by atoms with Crippen LogP contribution < -0.4 is 4.90 Å². The van der Waals surface area contributed by atoms with Gasteiger partial charge >= 0.3 is 5.97 Å². The number of fused-ring (bicyclic) bond motifs is 3. The molecule has 1 saturated heterocycles.